The summed E-state index contributed by atoms with van der Waals surface area (Å²) in [6.45, 7) is 0. The number of nitrogens with one attached hydrogen (secondary N) is 1. The van der Waals surface area contributed by atoms with Gasteiger partial charge in [0.05, 0.1) is 5.39 Å². The molecule has 0 spiro atoms. The molecule has 3 aromatic rings. The Labute approximate surface area is 150 Å². The topological polar surface area (TPSA) is 157 Å². The number of carboxylic acids is 1. The van der Waals surface area contributed by atoms with Gasteiger partial charge in [0.1, 0.15) is 23.2 Å². The van der Waals surface area contributed by atoms with E-state index >= 15 is 0 Å². The number of amides is 1. The molecule has 0 bridgehead atoms. The molecule has 27 heavy (non-hydrogen) atoms. The van der Waals surface area contributed by atoms with E-state index in [1.54, 1.807) is 0 Å². The van der Waals surface area contributed by atoms with Crippen molar-refractivity contribution >= 4 is 22.8 Å². The van der Waals surface area contributed by atoms with E-state index in [1.165, 1.54) is 24.3 Å². The van der Waals surface area contributed by atoms with Gasteiger partial charge in [-0.15, -0.1) is 0 Å². The van der Waals surface area contributed by atoms with Crippen LogP contribution in [0, 0.1) is 0 Å². The number of hydrogen-bond donors (Lipinski definition) is 5. The average Bonchev–Trinajstić information content (AvgIpc) is 2.62. The third kappa shape index (κ3) is 3.38. The molecule has 2 aromatic carbocycles. The van der Waals surface area contributed by atoms with Gasteiger partial charge in [-0.05, 0) is 23.8 Å². The number of carbonyl (C=O) groups excluding carboxylic acids is 1. The lowest BCUT2D eigenvalue weighted by molar-refractivity contribution is -0.139. The molecule has 1 aromatic heterocycles. The molecule has 0 radical (unpaired) electrons. The van der Waals surface area contributed by atoms with E-state index < -0.39 is 40.4 Å². The zero-order chi connectivity index (χ0) is 19.7. The molecular weight excluding hydrogens is 358 g/mol. The molecule has 1 amide bonds. The Bertz CT molecular complexity index is 1100. The van der Waals surface area contributed by atoms with Crippen molar-refractivity contribution in [3.63, 3.8) is 0 Å². The first-order valence-electron chi connectivity index (χ1n) is 7.58. The molecule has 9 heteroatoms. The van der Waals surface area contributed by atoms with Gasteiger partial charge in [0.25, 0.3) is 5.91 Å². The largest absolute Gasteiger partial charge is 0.508 e. The summed E-state index contributed by atoms with van der Waals surface area (Å²) in [7, 11) is 0. The minimum absolute atomic E-state index is 0.0554. The standard InChI is InChI=1S/C18H13NO8/c20-9-3-1-8(2-4-9)15(18(25)26)19-17(24)11-7-27-14-6-13(22)12(21)5-10(14)16(11)23/h1-7,15,20-22H,(H,19,24)(H,25,26)/t15-/m1/s1. The fourth-order valence-electron chi connectivity index (χ4n) is 2.47. The van der Waals surface area contributed by atoms with Crippen molar-refractivity contribution in [2.75, 3.05) is 0 Å². The summed E-state index contributed by atoms with van der Waals surface area (Å²) in [5, 5.41) is 39.7. The van der Waals surface area contributed by atoms with Crippen LogP contribution in [0.4, 0.5) is 0 Å². The maximum atomic E-state index is 12.5. The molecule has 1 atom stereocenters. The van der Waals surface area contributed by atoms with E-state index in [0.29, 0.717) is 0 Å². The minimum atomic E-state index is -1.47. The van der Waals surface area contributed by atoms with E-state index in [9.17, 15) is 34.8 Å². The lowest BCUT2D eigenvalue weighted by atomic mass is 10.1. The van der Waals surface area contributed by atoms with Crippen LogP contribution in [-0.4, -0.2) is 32.3 Å². The summed E-state index contributed by atoms with van der Waals surface area (Å²) < 4.78 is 5.13. The van der Waals surface area contributed by atoms with E-state index in [1.807, 2.05) is 0 Å². The molecule has 0 fully saturated rings. The Morgan fingerprint density at radius 1 is 1.00 bits per heavy atom. The van der Waals surface area contributed by atoms with Crippen molar-refractivity contribution in [3.8, 4) is 17.2 Å². The van der Waals surface area contributed by atoms with Crippen molar-refractivity contribution in [2.24, 2.45) is 0 Å². The maximum absolute atomic E-state index is 12.5. The fraction of sp³-hybridized carbons (Fsp3) is 0.0556. The lowest BCUT2D eigenvalue weighted by Crippen LogP contribution is -2.36. The quantitative estimate of drug-likeness (QED) is 0.431. The van der Waals surface area contributed by atoms with E-state index in [2.05, 4.69) is 5.32 Å². The molecule has 0 aliphatic rings. The van der Waals surface area contributed by atoms with E-state index in [-0.39, 0.29) is 22.3 Å². The first kappa shape index (κ1) is 17.8. The summed E-state index contributed by atoms with van der Waals surface area (Å²) in [6.07, 6.45) is 0.840. The second kappa shape index (κ2) is 6.71. The number of carboxylic acid groups (broad SMARTS) is 1. The van der Waals surface area contributed by atoms with Crippen LogP contribution in [0.25, 0.3) is 11.0 Å². The van der Waals surface area contributed by atoms with Gasteiger partial charge in [0.2, 0.25) is 5.43 Å². The number of fused-ring (bicyclic) bond motifs is 1. The van der Waals surface area contributed by atoms with Crippen LogP contribution in [0.2, 0.25) is 0 Å². The second-order valence-electron chi connectivity index (χ2n) is 5.65. The van der Waals surface area contributed by atoms with Gasteiger partial charge < -0.3 is 30.2 Å². The highest BCUT2D eigenvalue weighted by atomic mass is 16.4. The predicted molar refractivity (Wildman–Crippen MR) is 91.8 cm³/mol. The second-order valence-corrected chi connectivity index (χ2v) is 5.65. The number of carbonyl (C=O) groups is 2. The van der Waals surface area contributed by atoms with Gasteiger partial charge >= 0.3 is 5.97 Å². The summed E-state index contributed by atoms with van der Waals surface area (Å²) in [6, 6.07) is 5.65. The van der Waals surface area contributed by atoms with Crippen molar-refractivity contribution in [3.05, 3.63) is 64.0 Å². The van der Waals surface area contributed by atoms with Crippen molar-refractivity contribution in [2.45, 2.75) is 6.04 Å². The average molecular weight is 371 g/mol. The smallest absolute Gasteiger partial charge is 0.330 e. The maximum Gasteiger partial charge on any atom is 0.330 e. The fourth-order valence-corrected chi connectivity index (χ4v) is 2.47. The predicted octanol–water partition coefficient (Wildman–Crippen LogP) is 1.47. The first-order chi connectivity index (χ1) is 12.8. The summed E-state index contributed by atoms with van der Waals surface area (Å²) in [4.78, 5) is 36.4. The number of aliphatic carboxylic acids is 1. The van der Waals surface area contributed by atoms with Gasteiger partial charge in [0, 0.05) is 6.07 Å². The Kier molecular flexibility index (Phi) is 4.43. The third-order valence-corrected chi connectivity index (χ3v) is 3.86. The molecule has 138 valence electrons. The first-order valence-corrected chi connectivity index (χ1v) is 7.58. The van der Waals surface area contributed by atoms with Crippen LogP contribution in [0.5, 0.6) is 17.2 Å². The van der Waals surface area contributed by atoms with Crippen LogP contribution in [0.15, 0.2) is 51.9 Å². The summed E-state index contributed by atoms with van der Waals surface area (Å²) >= 11 is 0. The van der Waals surface area contributed by atoms with Gasteiger partial charge in [-0.25, -0.2) is 4.79 Å². The number of rotatable bonds is 4. The summed E-state index contributed by atoms with van der Waals surface area (Å²) in [5.74, 6) is -3.52. The minimum Gasteiger partial charge on any atom is -0.508 e. The normalized spacial score (nSPS) is 11.9. The lowest BCUT2D eigenvalue weighted by Gasteiger charge is -2.15. The van der Waals surface area contributed by atoms with Crippen LogP contribution < -0.4 is 10.7 Å². The SMILES string of the molecule is O=C(N[C@@H](C(=O)O)c1ccc(O)cc1)c1coc2cc(O)c(O)cc2c1=O. The highest BCUT2D eigenvalue weighted by Gasteiger charge is 2.25. The summed E-state index contributed by atoms with van der Waals surface area (Å²) in [5.41, 5.74) is -1.15. The Morgan fingerprint density at radius 3 is 2.26 bits per heavy atom. The number of phenols is 3. The van der Waals surface area contributed by atoms with Crippen LogP contribution in [0.1, 0.15) is 22.0 Å². The highest BCUT2D eigenvalue weighted by Crippen LogP contribution is 2.28. The zero-order valence-electron chi connectivity index (χ0n) is 13.5. The molecule has 0 saturated carbocycles. The van der Waals surface area contributed by atoms with Crippen molar-refractivity contribution in [1.82, 2.24) is 5.32 Å². The van der Waals surface area contributed by atoms with E-state index in [4.69, 9.17) is 4.42 Å². The molecule has 0 saturated heterocycles. The number of aromatic hydroxyl groups is 3. The Morgan fingerprint density at radius 2 is 1.63 bits per heavy atom. The van der Waals surface area contributed by atoms with Gasteiger partial charge in [-0.2, -0.15) is 0 Å². The highest BCUT2D eigenvalue weighted by molar-refractivity contribution is 5.99. The van der Waals surface area contributed by atoms with Crippen molar-refractivity contribution < 1.29 is 34.4 Å². The molecule has 5 N–H and O–H groups in total. The molecule has 0 aliphatic heterocycles. The molecule has 0 aliphatic carbocycles. The van der Waals surface area contributed by atoms with Gasteiger partial charge in [0.15, 0.2) is 17.5 Å². The number of phenolic OH excluding ortho intramolecular Hbond substituents is 3. The Balaban J connectivity index is 1.98. The van der Waals surface area contributed by atoms with Gasteiger partial charge in [-0.1, -0.05) is 12.1 Å². The number of hydrogen-bond acceptors (Lipinski definition) is 7. The molecule has 0 unspecified atom stereocenters. The molecular formula is C18H13NO8. The third-order valence-electron chi connectivity index (χ3n) is 3.86. The molecule has 3 rings (SSSR count). The number of benzene rings is 2. The Hall–Kier alpha value is -4.01. The van der Waals surface area contributed by atoms with E-state index in [0.717, 1.165) is 18.4 Å². The van der Waals surface area contributed by atoms with Crippen LogP contribution in [0.3, 0.4) is 0 Å². The van der Waals surface area contributed by atoms with Crippen LogP contribution >= 0.6 is 0 Å². The zero-order valence-corrected chi connectivity index (χ0v) is 13.5. The van der Waals surface area contributed by atoms with Gasteiger partial charge in [-0.3, -0.25) is 9.59 Å². The van der Waals surface area contributed by atoms with Crippen molar-refractivity contribution in [1.29, 1.82) is 0 Å². The van der Waals surface area contributed by atoms with Crippen LogP contribution in [-0.2, 0) is 4.79 Å². The molecule has 9 nitrogen and oxygen atoms in total. The molecule has 1 heterocycles. The monoisotopic (exact) mass is 371 g/mol.